The molecule has 0 aromatic carbocycles. The Bertz CT molecular complexity index is 846. The Morgan fingerprint density at radius 2 is 0.939 bits per heavy atom. The van der Waals surface area contributed by atoms with Crippen LogP contribution in [0.1, 0.15) is 187 Å². The van der Waals surface area contributed by atoms with E-state index in [2.05, 4.69) is 67.8 Å². The van der Waals surface area contributed by atoms with Crippen molar-refractivity contribution in [2.24, 2.45) is 0 Å². The molecule has 5 heteroatoms. The summed E-state index contributed by atoms with van der Waals surface area (Å²) in [7, 11) is 0. The fourth-order valence-electron chi connectivity index (χ4n) is 5.78. The van der Waals surface area contributed by atoms with Gasteiger partial charge in [0.15, 0.2) is 0 Å². The normalized spacial score (nSPS) is 14.3. The average Bonchev–Trinajstić information content (AvgIpc) is 3.11. The zero-order chi connectivity index (χ0) is 35.9. The molecule has 0 aromatic rings. The number of hydrogen-bond donors (Lipinski definition) is 4. The number of unbranched alkanes of at least 4 members (excludes halogenated alkanes) is 20. The molecule has 0 fully saturated rings. The summed E-state index contributed by atoms with van der Waals surface area (Å²) in [5, 5.41) is 32.9. The second-order valence-corrected chi connectivity index (χ2v) is 13.8. The molecular weight excluding hydrogens is 606 g/mol. The number of nitrogens with one attached hydrogen (secondary N) is 1. The van der Waals surface area contributed by atoms with E-state index in [1.165, 1.54) is 109 Å². The van der Waals surface area contributed by atoms with Crippen molar-refractivity contribution >= 4 is 5.91 Å². The molecule has 1 amide bonds. The van der Waals surface area contributed by atoms with Crippen LogP contribution in [0.15, 0.2) is 60.8 Å². The van der Waals surface area contributed by atoms with Crippen LogP contribution in [0.25, 0.3) is 0 Å². The monoisotopic (exact) mass is 686 g/mol. The first-order chi connectivity index (χ1) is 24.1. The summed E-state index contributed by atoms with van der Waals surface area (Å²) in [6, 6.07) is -0.824. The second-order valence-electron chi connectivity index (χ2n) is 13.8. The summed E-state index contributed by atoms with van der Waals surface area (Å²) < 4.78 is 0. The van der Waals surface area contributed by atoms with Crippen LogP contribution >= 0.6 is 0 Å². The van der Waals surface area contributed by atoms with Crippen molar-refractivity contribution in [1.82, 2.24) is 5.32 Å². The van der Waals surface area contributed by atoms with Crippen LogP contribution in [0.3, 0.4) is 0 Å². The maximum atomic E-state index is 12.4. The molecule has 0 aliphatic carbocycles. The van der Waals surface area contributed by atoms with Gasteiger partial charge in [0.1, 0.15) is 6.10 Å². The van der Waals surface area contributed by atoms with Gasteiger partial charge in [0.05, 0.1) is 18.8 Å². The number of allylic oxidation sites excluding steroid dienone is 9. The molecule has 0 saturated carbocycles. The third-order valence-corrected chi connectivity index (χ3v) is 9.04. The fraction of sp³-hybridized carbons (Fsp3) is 0.750. The number of rotatable bonds is 36. The van der Waals surface area contributed by atoms with Gasteiger partial charge in [0.2, 0.25) is 5.91 Å². The van der Waals surface area contributed by atoms with Gasteiger partial charge in [-0.25, -0.2) is 0 Å². The molecular formula is C44H79NO4. The number of aliphatic hydroxyl groups excluding tert-OH is 3. The van der Waals surface area contributed by atoms with Gasteiger partial charge in [-0.1, -0.05) is 177 Å². The van der Waals surface area contributed by atoms with Crippen LogP contribution in [0.4, 0.5) is 0 Å². The van der Waals surface area contributed by atoms with Gasteiger partial charge >= 0.3 is 0 Å². The van der Waals surface area contributed by atoms with Gasteiger partial charge in [-0.2, -0.15) is 0 Å². The molecule has 49 heavy (non-hydrogen) atoms. The Balaban J connectivity index is 3.71. The van der Waals surface area contributed by atoms with Crippen LogP contribution in [0.2, 0.25) is 0 Å². The van der Waals surface area contributed by atoms with Crippen LogP contribution in [0.5, 0.6) is 0 Å². The first-order valence-corrected chi connectivity index (χ1v) is 20.6. The summed E-state index contributed by atoms with van der Waals surface area (Å²) in [6.45, 7) is 4.07. The summed E-state index contributed by atoms with van der Waals surface area (Å²) in [5.41, 5.74) is 0. The van der Waals surface area contributed by atoms with Crippen molar-refractivity contribution < 1.29 is 20.1 Å². The van der Waals surface area contributed by atoms with Gasteiger partial charge in [-0.05, 0) is 70.6 Å². The highest BCUT2D eigenvalue weighted by atomic mass is 16.3. The molecule has 0 aromatic heterocycles. The summed E-state index contributed by atoms with van der Waals surface area (Å²) in [6.07, 6.45) is 51.1. The Hall–Kier alpha value is -1.95. The van der Waals surface area contributed by atoms with E-state index in [-0.39, 0.29) is 6.61 Å². The number of hydrogen-bond acceptors (Lipinski definition) is 4. The Morgan fingerprint density at radius 3 is 1.43 bits per heavy atom. The minimum Gasteiger partial charge on any atom is -0.394 e. The highest BCUT2D eigenvalue weighted by Gasteiger charge is 2.22. The van der Waals surface area contributed by atoms with E-state index in [4.69, 9.17) is 0 Å². The Labute approximate surface area is 303 Å². The highest BCUT2D eigenvalue weighted by Crippen LogP contribution is 2.13. The molecule has 3 atom stereocenters. The van der Waals surface area contributed by atoms with E-state index >= 15 is 0 Å². The van der Waals surface area contributed by atoms with Crippen molar-refractivity contribution in [3.8, 4) is 0 Å². The van der Waals surface area contributed by atoms with E-state index < -0.39 is 24.2 Å². The van der Waals surface area contributed by atoms with Crippen LogP contribution in [-0.4, -0.2) is 46.1 Å². The lowest BCUT2D eigenvalue weighted by Crippen LogP contribution is -2.48. The molecule has 284 valence electrons. The molecule has 5 nitrogen and oxygen atoms in total. The molecule has 0 heterocycles. The molecule has 3 unspecified atom stereocenters. The zero-order valence-electron chi connectivity index (χ0n) is 32.1. The maximum Gasteiger partial charge on any atom is 0.249 e. The van der Waals surface area contributed by atoms with Crippen molar-refractivity contribution in [2.75, 3.05) is 6.61 Å². The van der Waals surface area contributed by atoms with Crippen molar-refractivity contribution in [3.05, 3.63) is 60.8 Å². The van der Waals surface area contributed by atoms with Crippen molar-refractivity contribution in [1.29, 1.82) is 0 Å². The van der Waals surface area contributed by atoms with Gasteiger partial charge in [0.25, 0.3) is 0 Å². The van der Waals surface area contributed by atoms with Crippen LogP contribution < -0.4 is 5.32 Å². The number of amides is 1. The minimum absolute atomic E-state index is 0.386. The molecule has 4 N–H and O–H groups in total. The smallest absolute Gasteiger partial charge is 0.249 e. The maximum absolute atomic E-state index is 12.4. The molecule has 0 aliphatic heterocycles. The van der Waals surface area contributed by atoms with Crippen molar-refractivity contribution in [2.45, 2.75) is 205 Å². The molecule has 0 aliphatic rings. The lowest BCUT2D eigenvalue weighted by atomic mass is 10.0. The Morgan fingerprint density at radius 1 is 0.510 bits per heavy atom. The highest BCUT2D eigenvalue weighted by molar-refractivity contribution is 5.80. The molecule has 0 rings (SSSR count). The van der Waals surface area contributed by atoms with E-state index in [0.29, 0.717) is 6.42 Å². The van der Waals surface area contributed by atoms with Gasteiger partial charge in [-0.3, -0.25) is 4.79 Å². The lowest BCUT2D eigenvalue weighted by molar-refractivity contribution is -0.131. The van der Waals surface area contributed by atoms with E-state index in [0.717, 1.165) is 57.8 Å². The predicted molar refractivity (Wildman–Crippen MR) is 213 cm³/mol. The average molecular weight is 686 g/mol. The molecule has 0 bridgehead atoms. The van der Waals surface area contributed by atoms with Crippen LogP contribution in [-0.2, 0) is 4.79 Å². The molecule has 0 saturated heterocycles. The van der Waals surface area contributed by atoms with E-state index in [1.807, 2.05) is 6.08 Å². The fourth-order valence-corrected chi connectivity index (χ4v) is 5.78. The zero-order valence-corrected chi connectivity index (χ0v) is 32.1. The Kier molecular flexibility index (Phi) is 37.3. The SMILES string of the molecule is CCC/C=C/CC/C=C/CC/C=C/C(O)C(CO)NC(=O)C(O)CCCCCCCCCC/C=C\C/C=C\CCCCCCCCCCC. The van der Waals surface area contributed by atoms with E-state index in [1.54, 1.807) is 6.08 Å². The van der Waals surface area contributed by atoms with Gasteiger partial charge < -0.3 is 20.6 Å². The first kappa shape index (κ1) is 47.0. The summed E-state index contributed by atoms with van der Waals surface area (Å²) >= 11 is 0. The third-order valence-electron chi connectivity index (χ3n) is 9.04. The molecule has 0 spiro atoms. The molecule has 0 radical (unpaired) electrons. The van der Waals surface area contributed by atoms with Gasteiger partial charge in [0, 0.05) is 0 Å². The summed E-state index contributed by atoms with van der Waals surface area (Å²) in [5.74, 6) is -0.526. The standard InChI is InChI=1S/C44H79NO4/c1-3-5-7-9-11-13-15-16-17-18-19-20-21-22-23-24-25-26-27-29-31-33-35-37-39-43(48)44(49)45-41(40-46)42(47)38-36-34-32-30-28-14-12-10-8-6-4-2/h8,10,19-20,22-23,28,30,36,38,41-43,46-48H,3-7,9,11-18,21,24-27,29,31-35,37,39-40H2,1-2H3,(H,45,49)/b10-8+,20-19-,23-22-,30-28+,38-36+. The van der Waals surface area contributed by atoms with Crippen molar-refractivity contribution in [3.63, 3.8) is 0 Å². The predicted octanol–water partition coefficient (Wildman–Crippen LogP) is 11.5. The quantitative estimate of drug-likeness (QED) is 0.0390. The van der Waals surface area contributed by atoms with E-state index in [9.17, 15) is 20.1 Å². The number of aliphatic hydroxyl groups is 3. The minimum atomic E-state index is -1.12. The number of carbonyl (C=O) groups is 1. The number of carbonyl (C=O) groups excluding carboxylic acids is 1. The summed E-state index contributed by atoms with van der Waals surface area (Å²) in [4.78, 5) is 12.4. The van der Waals surface area contributed by atoms with Crippen LogP contribution in [0, 0.1) is 0 Å². The topological polar surface area (TPSA) is 89.8 Å². The lowest BCUT2D eigenvalue weighted by Gasteiger charge is -2.21. The third kappa shape index (κ3) is 34.3. The first-order valence-electron chi connectivity index (χ1n) is 20.6. The largest absolute Gasteiger partial charge is 0.394 e. The van der Waals surface area contributed by atoms with Gasteiger partial charge in [-0.15, -0.1) is 0 Å². The second kappa shape index (κ2) is 38.8.